The molecule has 0 unspecified atom stereocenters. The van der Waals surface area contributed by atoms with E-state index in [2.05, 4.69) is 5.32 Å². The molecule has 1 aliphatic heterocycles. The van der Waals surface area contributed by atoms with E-state index in [0.29, 0.717) is 23.4 Å². The lowest BCUT2D eigenvalue weighted by atomic mass is 10.1. The van der Waals surface area contributed by atoms with E-state index in [9.17, 15) is 8.42 Å². The van der Waals surface area contributed by atoms with Crippen LogP contribution in [0.4, 0.5) is 0 Å². The first kappa shape index (κ1) is 12.0. The van der Waals surface area contributed by atoms with E-state index >= 15 is 0 Å². The fourth-order valence-corrected chi connectivity index (χ4v) is 3.09. The van der Waals surface area contributed by atoms with Gasteiger partial charge < -0.3 is 5.32 Å². The summed E-state index contributed by atoms with van der Waals surface area (Å²) >= 11 is 5.47. The quantitative estimate of drug-likeness (QED) is 0.585. The van der Waals surface area contributed by atoms with Crippen LogP contribution < -0.4 is 5.32 Å². The molecule has 0 aliphatic carbocycles. The fourth-order valence-electron chi connectivity index (χ4n) is 1.48. The van der Waals surface area contributed by atoms with Gasteiger partial charge in [0.15, 0.2) is 0 Å². The van der Waals surface area contributed by atoms with Crippen LogP contribution in [0.25, 0.3) is 0 Å². The molecule has 1 aliphatic rings. The van der Waals surface area contributed by atoms with Gasteiger partial charge in [0.2, 0.25) is 0 Å². The zero-order chi connectivity index (χ0) is 10.4. The lowest BCUT2D eigenvalue weighted by Gasteiger charge is -2.22. The van der Waals surface area contributed by atoms with Gasteiger partial charge in [-0.25, -0.2) is 8.42 Å². The summed E-state index contributed by atoms with van der Waals surface area (Å²) in [5.41, 5.74) is 0. The average molecular weight is 238 g/mol. The van der Waals surface area contributed by atoms with E-state index in [0.717, 1.165) is 19.4 Å². The van der Waals surface area contributed by atoms with Gasteiger partial charge in [0.1, 0.15) is 9.84 Å². The van der Waals surface area contributed by atoms with Crippen LogP contribution in [-0.2, 0) is 9.84 Å². The van der Waals surface area contributed by atoms with E-state index in [1.165, 1.54) is 0 Å². The van der Waals surface area contributed by atoms with Crippen molar-refractivity contribution in [2.75, 3.05) is 23.9 Å². The van der Waals surface area contributed by atoms with Crippen molar-refractivity contribution in [3.05, 3.63) is 12.2 Å². The molecule has 0 saturated carbocycles. The number of halogens is 1. The van der Waals surface area contributed by atoms with Gasteiger partial charge in [0.25, 0.3) is 0 Å². The van der Waals surface area contributed by atoms with Crippen LogP contribution in [0.1, 0.15) is 12.8 Å². The molecule has 1 saturated heterocycles. The Morgan fingerprint density at radius 1 is 1.29 bits per heavy atom. The molecule has 1 fully saturated rings. The topological polar surface area (TPSA) is 46.2 Å². The molecular formula is C9H16ClNO2S. The van der Waals surface area contributed by atoms with E-state index in [-0.39, 0.29) is 0 Å². The van der Waals surface area contributed by atoms with E-state index in [4.69, 9.17) is 11.6 Å². The second kappa shape index (κ2) is 5.73. The first-order valence-corrected chi connectivity index (χ1v) is 7.14. The van der Waals surface area contributed by atoms with Gasteiger partial charge in [-0.1, -0.05) is 12.2 Å². The molecule has 14 heavy (non-hydrogen) atoms. The standard InChI is InChI=1S/C9H16ClNO2S/c10-5-1-2-6-11-9-3-7-14(12,13)8-4-9/h1-2,9,11H,3-8H2/b2-1+. The molecule has 0 radical (unpaired) electrons. The number of hydrogen-bond donors (Lipinski definition) is 1. The monoisotopic (exact) mass is 237 g/mol. The van der Waals surface area contributed by atoms with Crippen molar-refractivity contribution in [1.82, 2.24) is 5.32 Å². The molecule has 0 atom stereocenters. The summed E-state index contributed by atoms with van der Waals surface area (Å²) in [6.45, 7) is 0.775. The summed E-state index contributed by atoms with van der Waals surface area (Å²) in [4.78, 5) is 0. The normalized spacial score (nSPS) is 22.9. The van der Waals surface area contributed by atoms with E-state index < -0.39 is 9.84 Å². The van der Waals surface area contributed by atoms with Crippen LogP contribution in [0.2, 0.25) is 0 Å². The van der Waals surface area contributed by atoms with Crippen LogP contribution in [0, 0.1) is 0 Å². The zero-order valence-corrected chi connectivity index (χ0v) is 9.65. The number of hydrogen-bond acceptors (Lipinski definition) is 3. The van der Waals surface area contributed by atoms with Crippen molar-refractivity contribution in [2.45, 2.75) is 18.9 Å². The molecule has 1 rings (SSSR count). The first-order chi connectivity index (χ1) is 6.64. The molecule has 5 heteroatoms. The van der Waals surface area contributed by atoms with Crippen molar-refractivity contribution in [3.8, 4) is 0 Å². The average Bonchev–Trinajstić information content (AvgIpc) is 2.15. The van der Waals surface area contributed by atoms with Crippen LogP contribution in [0.15, 0.2) is 12.2 Å². The second-order valence-corrected chi connectivity index (χ2v) is 6.07. The molecule has 3 nitrogen and oxygen atoms in total. The number of alkyl halides is 1. The van der Waals surface area contributed by atoms with E-state index in [1.807, 2.05) is 12.2 Å². The number of rotatable bonds is 4. The van der Waals surface area contributed by atoms with Crippen molar-refractivity contribution in [3.63, 3.8) is 0 Å². The molecule has 82 valence electrons. The van der Waals surface area contributed by atoms with Gasteiger partial charge in [-0.15, -0.1) is 11.6 Å². The minimum atomic E-state index is -2.73. The van der Waals surface area contributed by atoms with Crippen LogP contribution in [0.3, 0.4) is 0 Å². The van der Waals surface area contributed by atoms with Crippen LogP contribution >= 0.6 is 11.6 Å². The number of allylic oxidation sites excluding steroid dienone is 1. The van der Waals surface area contributed by atoms with E-state index in [1.54, 1.807) is 0 Å². The molecular weight excluding hydrogens is 222 g/mol. The highest BCUT2D eigenvalue weighted by atomic mass is 35.5. The van der Waals surface area contributed by atoms with Gasteiger partial charge in [0.05, 0.1) is 11.5 Å². The van der Waals surface area contributed by atoms with Crippen LogP contribution in [-0.4, -0.2) is 38.4 Å². The van der Waals surface area contributed by atoms with Crippen molar-refractivity contribution in [1.29, 1.82) is 0 Å². The van der Waals surface area contributed by atoms with Crippen molar-refractivity contribution >= 4 is 21.4 Å². The predicted octanol–water partition coefficient (Wildman–Crippen LogP) is 0.948. The largest absolute Gasteiger partial charge is 0.310 e. The Kier molecular flexibility index (Phi) is 4.92. The predicted molar refractivity (Wildman–Crippen MR) is 59.5 cm³/mol. The Hall–Kier alpha value is -0.0600. The maximum atomic E-state index is 11.1. The fraction of sp³-hybridized carbons (Fsp3) is 0.778. The molecule has 0 spiro atoms. The summed E-state index contributed by atoms with van der Waals surface area (Å²) in [5, 5.41) is 3.28. The molecule has 0 amide bonds. The highest BCUT2D eigenvalue weighted by Gasteiger charge is 2.22. The minimum absolute atomic E-state index is 0.323. The molecule has 0 aromatic heterocycles. The maximum Gasteiger partial charge on any atom is 0.150 e. The smallest absolute Gasteiger partial charge is 0.150 e. The van der Waals surface area contributed by atoms with Gasteiger partial charge in [0, 0.05) is 18.5 Å². The highest BCUT2D eigenvalue weighted by molar-refractivity contribution is 7.91. The van der Waals surface area contributed by atoms with Crippen LogP contribution in [0.5, 0.6) is 0 Å². The van der Waals surface area contributed by atoms with Gasteiger partial charge in [-0.3, -0.25) is 0 Å². The molecule has 1 N–H and O–H groups in total. The Labute approximate surface area is 90.4 Å². The minimum Gasteiger partial charge on any atom is -0.310 e. The lowest BCUT2D eigenvalue weighted by molar-refractivity contribution is 0.483. The third kappa shape index (κ3) is 4.44. The summed E-state index contributed by atoms with van der Waals surface area (Å²) in [6.07, 6.45) is 5.32. The first-order valence-electron chi connectivity index (χ1n) is 4.79. The SMILES string of the molecule is O=S1(=O)CCC(NC/C=C/CCl)CC1. The van der Waals surface area contributed by atoms with Gasteiger partial charge in [-0.05, 0) is 12.8 Å². The molecule has 0 aromatic carbocycles. The highest BCUT2D eigenvalue weighted by Crippen LogP contribution is 2.11. The van der Waals surface area contributed by atoms with Crippen molar-refractivity contribution < 1.29 is 8.42 Å². The second-order valence-electron chi connectivity index (χ2n) is 3.46. The summed E-state index contributed by atoms with van der Waals surface area (Å²) < 4.78 is 22.2. The third-order valence-corrected chi connectivity index (χ3v) is 4.23. The Morgan fingerprint density at radius 3 is 2.50 bits per heavy atom. The summed E-state index contributed by atoms with van der Waals surface area (Å²) in [7, 11) is -2.73. The van der Waals surface area contributed by atoms with Gasteiger partial charge >= 0.3 is 0 Å². The molecule has 0 bridgehead atoms. The maximum absolute atomic E-state index is 11.1. The Morgan fingerprint density at radius 2 is 1.93 bits per heavy atom. The summed E-state index contributed by atoms with van der Waals surface area (Å²) in [6, 6.07) is 0.346. The van der Waals surface area contributed by atoms with Gasteiger partial charge in [-0.2, -0.15) is 0 Å². The lowest BCUT2D eigenvalue weighted by Crippen LogP contribution is -2.37. The Bertz CT molecular complexity index is 273. The molecule has 0 aromatic rings. The number of nitrogens with one attached hydrogen (secondary N) is 1. The molecule has 1 heterocycles. The van der Waals surface area contributed by atoms with Crippen molar-refractivity contribution in [2.24, 2.45) is 0 Å². The summed E-state index contributed by atoms with van der Waals surface area (Å²) in [5.74, 6) is 1.18. The number of sulfone groups is 1. The zero-order valence-electron chi connectivity index (χ0n) is 8.08. The third-order valence-electron chi connectivity index (χ3n) is 2.33. The Balaban J connectivity index is 2.19.